The van der Waals surface area contributed by atoms with E-state index in [2.05, 4.69) is 16.2 Å². The van der Waals surface area contributed by atoms with E-state index in [0.717, 1.165) is 36.9 Å². The van der Waals surface area contributed by atoms with Crippen LogP contribution in [0.15, 0.2) is 0 Å². The van der Waals surface area contributed by atoms with Crippen LogP contribution in [0.4, 0.5) is 10.8 Å². The molecule has 0 spiro atoms. The minimum Gasteiger partial charge on any atom is -0.382 e. The molecule has 1 aromatic rings. The van der Waals surface area contributed by atoms with Crippen LogP contribution in [0.1, 0.15) is 43.0 Å². The third-order valence-electron chi connectivity index (χ3n) is 3.66. The van der Waals surface area contributed by atoms with Gasteiger partial charge in [0.05, 0.1) is 0 Å². The van der Waals surface area contributed by atoms with E-state index in [9.17, 15) is 4.79 Å². The van der Waals surface area contributed by atoms with E-state index in [0.29, 0.717) is 5.56 Å². The van der Waals surface area contributed by atoms with Gasteiger partial charge >= 0.3 is 0 Å². The Balaban J connectivity index is 2.19. The van der Waals surface area contributed by atoms with Gasteiger partial charge in [-0.2, -0.15) is 4.37 Å². The van der Waals surface area contributed by atoms with Crippen LogP contribution < -0.4 is 16.4 Å². The number of rotatable bonds is 3. The van der Waals surface area contributed by atoms with Crippen LogP contribution >= 0.6 is 11.5 Å². The minimum absolute atomic E-state index is 0.263. The van der Waals surface area contributed by atoms with Gasteiger partial charge in [-0.1, -0.05) is 13.3 Å². The molecule has 1 fully saturated rings. The van der Waals surface area contributed by atoms with Crippen LogP contribution in [0.2, 0.25) is 0 Å². The van der Waals surface area contributed by atoms with Crippen molar-refractivity contribution in [1.82, 2.24) is 4.37 Å². The van der Waals surface area contributed by atoms with Gasteiger partial charge in [0.2, 0.25) is 0 Å². The fourth-order valence-corrected chi connectivity index (χ4v) is 3.39. The molecular weight excluding hydrogens is 248 g/mol. The summed E-state index contributed by atoms with van der Waals surface area (Å²) >= 11 is 1.28. The van der Waals surface area contributed by atoms with Crippen molar-refractivity contribution in [3.8, 4) is 0 Å². The summed E-state index contributed by atoms with van der Waals surface area (Å²) in [4.78, 5) is 13.6. The van der Waals surface area contributed by atoms with Crippen molar-refractivity contribution < 1.29 is 4.79 Å². The average molecular weight is 268 g/mol. The van der Waals surface area contributed by atoms with E-state index < -0.39 is 5.91 Å². The first-order chi connectivity index (χ1) is 8.63. The summed E-state index contributed by atoms with van der Waals surface area (Å²) in [5.41, 5.74) is 11.5. The summed E-state index contributed by atoms with van der Waals surface area (Å²) in [7, 11) is 0. The van der Waals surface area contributed by atoms with Crippen molar-refractivity contribution in [1.29, 1.82) is 0 Å². The van der Waals surface area contributed by atoms with Gasteiger partial charge in [0.1, 0.15) is 10.6 Å². The molecule has 0 saturated carbocycles. The van der Waals surface area contributed by atoms with E-state index >= 15 is 0 Å². The molecule has 1 saturated heterocycles. The first kappa shape index (κ1) is 13.1. The van der Waals surface area contributed by atoms with Gasteiger partial charge in [-0.25, -0.2) is 0 Å². The van der Waals surface area contributed by atoms with E-state index in [1.54, 1.807) is 0 Å². The maximum atomic E-state index is 11.4. The second kappa shape index (κ2) is 5.56. The highest BCUT2D eigenvalue weighted by Gasteiger charge is 2.24. The average Bonchev–Trinajstić information content (AvgIpc) is 2.59. The maximum absolute atomic E-state index is 11.4. The normalized spacial score (nSPS) is 20.7. The topological polar surface area (TPSA) is 85.2 Å². The Kier molecular flexibility index (Phi) is 4.06. The lowest BCUT2D eigenvalue weighted by Crippen LogP contribution is -2.26. The Hall–Kier alpha value is -1.30. The zero-order chi connectivity index (χ0) is 13.1. The van der Waals surface area contributed by atoms with E-state index in [-0.39, 0.29) is 5.82 Å². The van der Waals surface area contributed by atoms with Crippen LogP contribution in [0.25, 0.3) is 0 Å². The molecule has 0 radical (unpaired) electrons. The summed E-state index contributed by atoms with van der Waals surface area (Å²) in [5.74, 6) is 0.573. The molecule has 1 unspecified atom stereocenters. The van der Waals surface area contributed by atoms with E-state index in [1.165, 1.54) is 24.4 Å². The third-order valence-corrected chi connectivity index (χ3v) is 4.58. The fraction of sp³-hybridized carbons (Fsp3) is 0.667. The van der Waals surface area contributed by atoms with Gasteiger partial charge in [-0.3, -0.25) is 4.79 Å². The number of carbonyl (C=O) groups is 1. The van der Waals surface area contributed by atoms with Crippen molar-refractivity contribution >= 4 is 28.3 Å². The molecule has 2 heterocycles. The number of primary amides is 1. The second-order valence-electron chi connectivity index (χ2n) is 4.80. The van der Waals surface area contributed by atoms with Gasteiger partial charge in [0, 0.05) is 13.1 Å². The molecule has 1 aromatic heterocycles. The number of carbonyl (C=O) groups excluding carboxylic acids is 1. The van der Waals surface area contributed by atoms with Crippen LogP contribution in [0.5, 0.6) is 0 Å². The lowest BCUT2D eigenvalue weighted by Gasteiger charge is -2.21. The standard InChI is InChI=1S/C12H20N4OS/c1-2-8-4-3-6-16(7-5-8)12-9(11(14)17)10(13)15-18-12/h8H,2-7H2,1H3,(H2,13,15)(H2,14,17). The summed E-state index contributed by atoms with van der Waals surface area (Å²) in [5, 5.41) is 0.844. The molecule has 6 heteroatoms. The molecule has 1 atom stereocenters. The quantitative estimate of drug-likeness (QED) is 0.876. The van der Waals surface area contributed by atoms with Crippen molar-refractivity contribution in [2.45, 2.75) is 32.6 Å². The summed E-state index contributed by atoms with van der Waals surface area (Å²) in [6.07, 6.45) is 4.79. The molecular formula is C12H20N4OS. The number of anilines is 2. The number of amides is 1. The number of aromatic nitrogens is 1. The fourth-order valence-electron chi connectivity index (χ4n) is 2.52. The van der Waals surface area contributed by atoms with Gasteiger partial charge < -0.3 is 16.4 Å². The first-order valence-corrected chi connectivity index (χ1v) is 7.20. The molecule has 0 aliphatic carbocycles. The van der Waals surface area contributed by atoms with Crippen molar-refractivity contribution in [3.05, 3.63) is 5.56 Å². The van der Waals surface area contributed by atoms with Crippen molar-refractivity contribution in [2.75, 3.05) is 23.7 Å². The monoisotopic (exact) mass is 268 g/mol. The zero-order valence-electron chi connectivity index (χ0n) is 10.7. The summed E-state index contributed by atoms with van der Waals surface area (Å²) < 4.78 is 4.06. The highest BCUT2D eigenvalue weighted by atomic mass is 32.1. The molecule has 2 rings (SSSR count). The Morgan fingerprint density at radius 2 is 2.28 bits per heavy atom. The van der Waals surface area contributed by atoms with Gasteiger partial charge in [0.15, 0.2) is 5.82 Å². The van der Waals surface area contributed by atoms with Crippen LogP contribution in [-0.2, 0) is 0 Å². The molecule has 5 nitrogen and oxygen atoms in total. The number of nitrogens with zero attached hydrogens (tertiary/aromatic N) is 2. The molecule has 1 aliphatic heterocycles. The lowest BCUT2D eigenvalue weighted by atomic mass is 9.98. The SMILES string of the molecule is CCC1CCCN(c2snc(N)c2C(N)=O)CC1. The lowest BCUT2D eigenvalue weighted by molar-refractivity contribution is 0.100. The zero-order valence-corrected chi connectivity index (χ0v) is 11.5. The third kappa shape index (κ3) is 2.58. The number of nitrogens with two attached hydrogens (primary N) is 2. The summed E-state index contributed by atoms with van der Waals surface area (Å²) in [6.45, 7) is 4.15. The largest absolute Gasteiger partial charge is 0.382 e. The highest BCUT2D eigenvalue weighted by molar-refractivity contribution is 7.11. The number of hydrogen-bond acceptors (Lipinski definition) is 5. The Labute approximate surface area is 111 Å². The molecule has 4 N–H and O–H groups in total. The van der Waals surface area contributed by atoms with Gasteiger partial charge in [-0.15, -0.1) is 0 Å². The molecule has 18 heavy (non-hydrogen) atoms. The Morgan fingerprint density at radius 3 is 2.94 bits per heavy atom. The molecule has 100 valence electrons. The van der Waals surface area contributed by atoms with E-state index in [4.69, 9.17) is 11.5 Å². The molecule has 1 aliphatic rings. The Bertz CT molecular complexity index is 432. The minimum atomic E-state index is -0.479. The number of hydrogen-bond donors (Lipinski definition) is 2. The second-order valence-corrected chi connectivity index (χ2v) is 5.56. The van der Waals surface area contributed by atoms with Crippen molar-refractivity contribution in [3.63, 3.8) is 0 Å². The maximum Gasteiger partial charge on any atom is 0.255 e. The predicted octanol–water partition coefficient (Wildman–Crippen LogP) is 1.84. The van der Waals surface area contributed by atoms with Gasteiger partial charge in [-0.05, 0) is 36.7 Å². The molecule has 1 amide bonds. The predicted molar refractivity (Wildman–Crippen MR) is 74.9 cm³/mol. The van der Waals surface area contributed by atoms with Crippen LogP contribution in [0.3, 0.4) is 0 Å². The van der Waals surface area contributed by atoms with Crippen LogP contribution in [0, 0.1) is 5.92 Å². The Morgan fingerprint density at radius 1 is 1.50 bits per heavy atom. The molecule has 0 aromatic carbocycles. The highest BCUT2D eigenvalue weighted by Crippen LogP contribution is 2.32. The molecule has 0 bridgehead atoms. The summed E-state index contributed by atoms with van der Waals surface area (Å²) in [6, 6.07) is 0. The van der Waals surface area contributed by atoms with Crippen molar-refractivity contribution in [2.24, 2.45) is 11.7 Å². The smallest absolute Gasteiger partial charge is 0.255 e. The van der Waals surface area contributed by atoms with Gasteiger partial charge in [0.25, 0.3) is 5.91 Å². The van der Waals surface area contributed by atoms with Crippen LogP contribution in [-0.4, -0.2) is 23.4 Å². The number of nitrogen functional groups attached to an aromatic ring is 1. The first-order valence-electron chi connectivity index (χ1n) is 6.43. The van der Waals surface area contributed by atoms with E-state index in [1.807, 2.05) is 0 Å².